The number of hydrogen-bond donors (Lipinski definition) is 1. The first kappa shape index (κ1) is 18.2. The molecule has 4 aliphatic carbocycles. The van der Waals surface area contributed by atoms with Gasteiger partial charge < -0.3 is 9.84 Å². The second-order valence-corrected chi connectivity index (χ2v) is 11.1. The van der Waals surface area contributed by atoms with Gasteiger partial charge in [0.15, 0.2) is 0 Å². The van der Waals surface area contributed by atoms with Crippen LogP contribution in [0.4, 0.5) is 0 Å². The number of carbonyl (C=O) groups excluding carboxylic acids is 1. The van der Waals surface area contributed by atoms with Gasteiger partial charge in [-0.05, 0) is 93.3 Å². The first-order valence-electron chi connectivity index (χ1n) is 11.4. The van der Waals surface area contributed by atoms with E-state index in [1.54, 1.807) is 5.57 Å². The van der Waals surface area contributed by atoms with Crippen LogP contribution in [0, 0.1) is 34.5 Å². The summed E-state index contributed by atoms with van der Waals surface area (Å²) in [4.78, 5) is 11.9. The van der Waals surface area contributed by atoms with Crippen LogP contribution in [0.5, 0.6) is 0 Å². The molecule has 3 saturated carbocycles. The molecule has 4 unspecified atom stereocenters. The molecule has 0 radical (unpaired) electrons. The Labute approximate surface area is 163 Å². The third-order valence-corrected chi connectivity index (χ3v) is 9.99. The van der Waals surface area contributed by atoms with Gasteiger partial charge in [0.2, 0.25) is 0 Å². The van der Waals surface area contributed by atoms with Gasteiger partial charge >= 0.3 is 5.97 Å². The second-order valence-electron chi connectivity index (χ2n) is 11.1. The highest BCUT2D eigenvalue weighted by Crippen LogP contribution is 2.68. The highest BCUT2D eigenvalue weighted by molar-refractivity contribution is 5.72. The maximum atomic E-state index is 11.9. The van der Waals surface area contributed by atoms with E-state index in [4.69, 9.17) is 4.74 Å². The second kappa shape index (κ2) is 5.84. The molecule has 0 bridgehead atoms. The van der Waals surface area contributed by atoms with E-state index < -0.39 is 0 Å². The van der Waals surface area contributed by atoms with Gasteiger partial charge in [0.05, 0.1) is 6.10 Å². The zero-order valence-corrected chi connectivity index (χ0v) is 17.3. The maximum absolute atomic E-state index is 11.9. The Kier molecular flexibility index (Phi) is 3.94. The molecule has 8 atom stereocenters. The van der Waals surface area contributed by atoms with Crippen molar-refractivity contribution in [3.63, 3.8) is 0 Å². The summed E-state index contributed by atoms with van der Waals surface area (Å²) in [5.74, 6) is 2.85. The summed E-state index contributed by atoms with van der Waals surface area (Å²) in [5, 5.41) is 10.2. The molecule has 0 aromatic carbocycles. The van der Waals surface area contributed by atoms with Gasteiger partial charge in [-0.15, -0.1) is 0 Å². The Hall–Kier alpha value is -0.830. The largest absolute Gasteiger partial charge is 0.459 e. The molecule has 0 spiro atoms. The zero-order chi connectivity index (χ0) is 19.0. The molecule has 5 aliphatic rings. The predicted octanol–water partition coefficient (Wildman–Crippen LogP) is 5.02. The van der Waals surface area contributed by atoms with Crippen molar-refractivity contribution in [1.82, 2.24) is 0 Å². The molecule has 1 N–H and O–H groups in total. The van der Waals surface area contributed by atoms with Crippen LogP contribution in [-0.2, 0) is 9.53 Å². The molecule has 1 aliphatic heterocycles. The number of hydrogen-bond acceptors (Lipinski definition) is 3. The third-order valence-electron chi connectivity index (χ3n) is 9.99. The van der Waals surface area contributed by atoms with Crippen LogP contribution in [0.1, 0.15) is 85.0 Å². The Morgan fingerprint density at radius 1 is 1.04 bits per heavy atom. The summed E-state index contributed by atoms with van der Waals surface area (Å²) < 4.78 is 5.92. The van der Waals surface area contributed by atoms with E-state index in [0.29, 0.717) is 23.2 Å². The average Bonchev–Trinajstić information content (AvgIpc) is 3.15. The van der Waals surface area contributed by atoms with Crippen molar-refractivity contribution in [3.8, 4) is 0 Å². The van der Waals surface area contributed by atoms with Crippen molar-refractivity contribution in [2.24, 2.45) is 34.5 Å². The third kappa shape index (κ3) is 2.46. The van der Waals surface area contributed by atoms with Gasteiger partial charge in [0.25, 0.3) is 0 Å². The van der Waals surface area contributed by atoms with E-state index in [-0.39, 0.29) is 17.7 Å². The van der Waals surface area contributed by atoms with Gasteiger partial charge in [-0.2, -0.15) is 0 Å². The zero-order valence-electron chi connectivity index (χ0n) is 17.3. The van der Waals surface area contributed by atoms with Crippen LogP contribution in [0.15, 0.2) is 11.6 Å². The van der Waals surface area contributed by atoms with E-state index in [9.17, 15) is 9.90 Å². The summed E-state index contributed by atoms with van der Waals surface area (Å²) in [5.41, 5.74) is 1.95. The summed E-state index contributed by atoms with van der Waals surface area (Å²) in [6.45, 7) is 7.23. The SMILES string of the molecule is C[C@]12CCC3C(CC=C4C[C@@H](O)CC[C@@]43C)C1CCC2[C@@]1(C)CCC(=O)O1. The molecule has 1 saturated heterocycles. The fourth-order valence-electron chi connectivity index (χ4n) is 8.60. The number of ether oxygens (including phenoxy) is 1. The van der Waals surface area contributed by atoms with Gasteiger partial charge in [-0.25, -0.2) is 0 Å². The van der Waals surface area contributed by atoms with Crippen LogP contribution < -0.4 is 0 Å². The topological polar surface area (TPSA) is 46.5 Å². The Morgan fingerprint density at radius 3 is 2.59 bits per heavy atom. The maximum Gasteiger partial charge on any atom is 0.306 e. The number of fused-ring (bicyclic) bond motifs is 5. The van der Waals surface area contributed by atoms with Crippen LogP contribution in [0.2, 0.25) is 0 Å². The standard InChI is InChI=1S/C24H36O3/c1-22-11-8-16(25)14-15(22)4-5-17-18-6-7-20(23(18,2)12-9-19(17)22)24(3)13-10-21(26)27-24/h4,16-20,25H,5-14H2,1-3H3/t16-,17?,18?,19?,20?,22-,23-,24+/m0/s1. The lowest BCUT2D eigenvalue weighted by Crippen LogP contribution is -2.53. The molecule has 3 nitrogen and oxygen atoms in total. The summed E-state index contributed by atoms with van der Waals surface area (Å²) in [7, 11) is 0. The van der Waals surface area contributed by atoms with Crippen molar-refractivity contribution < 1.29 is 14.6 Å². The molecular formula is C24H36O3. The van der Waals surface area contributed by atoms with E-state index in [1.165, 1.54) is 32.1 Å². The van der Waals surface area contributed by atoms with Crippen molar-refractivity contribution in [3.05, 3.63) is 11.6 Å². The van der Waals surface area contributed by atoms with Crippen molar-refractivity contribution in [2.75, 3.05) is 0 Å². The first-order chi connectivity index (χ1) is 12.8. The number of aliphatic hydroxyl groups is 1. The van der Waals surface area contributed by atoms with Crippen LogP contribution in [0.25, 0.3) is 0 Å². The molecule has 0 amide bonds. The number of allylic oxidation sites excluding steroid dienone is 1. The minimum Gasteiger partial charge on any atom is -0.459 e. The minimum atomic E-state index is -0.234. The number of rotatable bonds is 1. The monoisotopic (exact) mass is 372 g/mol. The summed E-state index contributed by atoms with van der Waals surface area (Å²) >= 11 is 0. The fourth-order valence-corrected chi connectivity index (χ4v) is 8.60. The van der Waals surface area contributed by atoms with Gasteiger partial charge in [0, 0.05) is 12.3 Å². The molecule has 3 heteroatoms. The lowest BCUT2D eigenvalue weighted by Gasteiger charge is -2.58. The van der Waals surface area contributed by atoms with E-state index in [1.807, 2.05) is 0 Å². The molecule has 1 heterocycles. The molecule has 0 aromatic rings. The van der Waals surface area contributed by atoms with Crippen molar-refractivity contribution in [2.45, 2.75) is 96.7 Å². The molecule has 0 aromatic heterocycles. The Balaban J connectivity index is 1.44. The van der Waals surface area contributed by atoms with E-state index in [0.717, 1.165) is 43.4 Å². The van der Waals surface area contributed by atoms with Gasteiger partial charge in [0.1, 0.15) is 5.60 Å². The predicted molar refractivity (Wildman–Crippen MR) is 105 cm³/mol. The highest BCUT2D eigenvalue weighted by Gasteiger charge is 2.62. The Bertz CT molecular complexity index is 683. The average molecular weight is 373 g/mol. The molecule has 5 rings (SSSR count). The molecule has 4 fully saturated rings. The van der Waals surface area contributed by atoms with E-state index in [2.05, 4.69) is 26.8 Å². The van der Waals surface area contributed by atoms with Gasteiger partial charge in [-0.3, -0.25) is 4.79 Å². The van der Waals surface area contributed by atoms with E-state index >= 15 is 0 Å². The van der Waals surface area contributed by atoms with Gasteiger partial charge in [-0.1, -0.05) is 25.5 Å². The summed E-state index contributed by atoms with van der Waals surface area (Å²) in [6.07, 6.45) is 13.2. The minimum absolute atomic E-state index is 0.0109. The van der Waals surface area contributed by atoms with Crippen LogP contribution >= 0.6 is 0 Å². The highest BCUT2D eigenvalue weighted by atomic mass is 16.6. The molecule has 27 heavy (non-hydrogen) atoms. The lowest BCUT2D eigenvalue weighted by atomic mass is 9.46. The van der Waals surface area contributed by atoms with Crippen molar-refractivity contribution >= 4 is 5.97 Å². The van der Waals surface area contributed by atoms with Crippen LogP contribution in [0.3, 0.4) is 0 Å². The molecular weight excluding hydrogens is 336 g/mol. The number of carbonyl (C=O) groups is 1. The number of esters is 1. The van der Waals surface area contributed by atoms with Crippen molar-refractivity contribution in [1.29, 1.82) is 0 Å². The lowest BCUT2D eigenvalue weighted by molar-refractivity contribution is -0.158. The fraction of sp³-hybridized carbons (Fsp3) is 0.875. The quantitative estimate of drug-likeness (QED) is 0.519. The van der Waals surface area contributed by atoms with Crippen LogP contribution in [-0.4, -0.2) is 22.8 Å². The molecule has 150 valence electrons. The first-order valence-corrected chi connectivity index (χ1v) is 11.4. The number of cyclic esters (lactones) is 1. The smallest absolute Gasteiger partial charge is 0.306 e. The summed E-state index contributed by atoms with van der Waals surface area (Å²) in [6, 6.07) is 0. The number of aliphatic hydroxyl groups excluding tert-OH is 1. The normalized spacial score (nSPS) is 54.6. The Morgan fingerprint density at radius 2 is 1.85 bits per heavy atom.